The third-order valence-corrected chi connectivity index (χ3v) is 4.67. The summed E-state index contributed by atoms with van der Waals surface area (Å²) in [5.41, 5.74) is 0.853. The summed E-state index contributed by atoms with van der Waals surface area (Å²) in [6, 6.07) is 2.26. The highest BCUT2D eigenvalue weighted by atomic mass is 16.4. The molecular weight excluding hydrogens is 176 g/mol. The van der Waals surface area contributed by atoms with Crippen molar-refractivity contribution in [1.29, 1.82) is 5.26 Å². The minimum atomic E-state index is -0.138. The van der Waals surface area contributed by atoms with Crippen LogP contribution in [0.2, 0.25) is 0 Å². The number of hydrogen-bond acceptors (Lipinski definition) is 3. The van der Waals surface area contributed by atoms with Gasteiger partial charge in [-0.05, 0) is 30.6 Å². The van der Waals surface area contributed by atoms with Crippen LogP contribution in [0.4, 0.5) is 0 Å². The smallest absolute Gasteiger partial charge is 0.0651 e. The molecule has 76 valence electrons. The molecule has 0 radical (unpaired) electrons. The third kappa shape index (κ3) is 0.841. The van der Waals surface area contributed by atoms with E-state index in [1.807, 2.05) is 0 Å². The summed E-state index contributed by atoms with van der Waals surface area (Å²) in [7, 11) is 0. The lowest BCUT2D eigenvalue weighted by Gasteiger charge is -2.35. The van der Waals surface area contributed by atoms with Crippen LogP contribution in [0.25, 0.3) is 0 Å². The van der Waals surface area contributed by atoms with Gasteiger partial charge in [-0.25, -0.2) is 0 Å². The lowest BCUT2D eigenvalue weighted by atomic mass is 9.67. The Balaban J connectivity index is 2.47. The van der Waals surface area contributed by atoms with Crippen LogP contribution in [-0.2, 0) is 0 Å². The maximum atomic E-state index is 8.99. The van der Waals surface area contributed by atoms with Gasteiger partial charge in [-0.1, -0.05) is 19.0 Å². The Labute approximate surface area is 84.4 Å². The Morgan fingerprint density at radius 1 is 1.64 bits per heavy atom. The molecule has 0 spiro atoms. The van der Waals surface area contributed by atoms with Gasteiger partial charge in [-0.3, -0.25) is 0 Å². The Morgan fingerprint density at radius 2 is 2.36 bits per heavy atom. The molecule has 2 saturated carbocycles. The van der Waals surface area contributed by atoms with E-state index in [4.69, 9.17) is 10.5 Å². The third-order valence-electron chi connectivity index (χ3n) is 4.67. The number of fused-ring (bicyclic) bond motifs is 2. The second-order valence-electron chi connectivity index (χ2n) is 5.13. The molecule has 2 fully saturated rings. The monoisotopic (exact) mass is 192 g/mol. The largest absolute Gasteiger partial charge is 0.411 e. The van der Waals surface area contributed by atoms with Crippen molar-refractivity contribution in [2.45, 2.75) is 39.5 Å². The van der Waals surface area contributed by atoms with Crippen molar-refractivity contribution in [2.75, 3.05) is 0 Å². The number of oxime groups is 1. The maximum Gasteiger partial charge on any atom is 0.0651 e. The molecule has 2 unspecified atom stereocenters. The number of nitrogens with zero attached hydrogens (tertiary/aromatic N) is 2. The van der Waals surface area contributed by atoms with Gasteiger partial charge in [-0.15, -0.1) is 0 Å². The average molecular weight is 192 g/mol. The number of nitriles is 1. The summed E-state index contributed by atoms with van der Waals surface area (Å²) >= 11 is 0. The lowest BCUT2D eigenvalue weighted by molar-refractivity contribution is 0.176. The molecule has 14 heavy (non-hydrogen) atoms. The molecular formula is C11H16N2O. The molecule has 2 aliphatic carbocycles. The van der Waals surface area contributed by atoms with Crippen molar-refractivity contribution in [1.82, 2.24) is 0 Å². The molecule has 2 atom stereocenters. The molecule has 0 heterocycles. The molecule has 2 rings (SSSR count). The number of rotatable bonds is 1. The molecule has 2 aliphatic rings. The van der Waals surface area contributed by atoms with Crippen molar-refractivity contribution < 1.29 is 5.21 Å². The fourth-order valence-electron chi connectivity index (χ4n) is 3.49. The van der Waals surface area contributed by atoms with E-state index in [9.17, 15) is 0 Å². The zero-order chi connectivity index (χ0) is 10.4. The van der Waals surface area contributed by atoms with E-state index in [0.29, 0.717) is 12.3 Å². The standard InChI is InChI=1S/C11H16N2O/c1-10(2)8-3-4-11(10,5-6-12)9(7-8)13-14/h8,14H,3-5,7H2,1-2H3/b13-9+. The molecule has 0 saturated heterocycles. The van der Waals surface area contributed by atoms with E-state index < -0.39 is 0 Å². The van der Waals surface area contributed by atoms with Gasteiger partial charge in [-0.2, -0.15) is 5.26 Å². The van der Waals surface area contributed by atoms with Gasteiger partial charge >= 0.3 is 0 Å². The normalized spacial score (nSPS) is 41.5. The van der Waals surface area contributed by atoms with E-state index >= 15 is 0 Å². The predicted molar refractivity (Wildman–Crippen MR) is 53.0 cm³/mol. The first-order valence-corrected chi connectivity index (χ1v) is 5.17. The summed E-state index contributed by atoms with van der Waals surface area (Å²) < 4.78 is 0. The van der Waals surface area contributed by atoms with Crippen molar-refractivity contribution >= 4 is 5.71 Å². The zero-order valence-electron chi connectivity index (χ0n) is 8.75. The van der Waals surface area contributed by atoms with Crippen LogP contribution in [0.3, 0.4) is 0 Å². The number of hydrogen-bond donors (Lipinski definition) is 1. The average Bonchev–Trinajstić information content (AvgIpc) is 2.51. The van der Waals surface area contributed by atoms with Crippen LogP contribution >= 0.6 is 0 Å². The molecule has 1 N–H and O–H groups in total. The van der Waals surface area contributed by atoms with Gasteiger partial charge in [0.2, 0.25) is 0 Å². The summed E-state index contributed by atoms with van der Waals surface area (Å²) in [5, 5.41) is 21.3. The topological polar surface area (TPSA) is 56.4 Å². The highest BCUT2D eigenvalue weighted by Gasteiger charge is 2.62. The first kappa shape index (κ1) is 9.51. The summed E-state index contributed by atoms with van der Waals surface area (Å²) in [6.07, 6.45) is 3.56. The van der Waals surface area contributed by atoms with Gasteiger partial charge in [0.1, 0.15) is 0 Å². The SMILES string of the molecule is CC1(C)C2CCC1(CC#N)/C(=N/O)C2. The molecule has 0 aliphatic heterocycles. The van der Waals surface area contributed by atoms with Gasteiger partial charge < -0.3 is 5.21 Å². The fraction of sp³-hybridized carbons (Fsp3) is 0.818. The Morgan fingerprint density at radius 3 is 2.86 bits per heavy atom. The molecule has 3 nitrogen and oxygen atoms in total. The molecule has 0 aromatic carbocycles. The van der Waals surface area contributed by atoms with Gasteiger partial charge in [0.05, 0.1) is 11.8 Å². The summed E-state index contributed by atoms with van der Waals surface area (Å²) in [4.78, 5) is 0. The second-order valence-corrected chi connectivity index (χ2v) is 5.13. The molecule has 0 aromatic rings. The van der Waals surface area contributed by atoms with Crippen molar-refractivity contribution in [3.63, 3.8) is 0 Å². The summed E-state index contributed by atoms with van der Waals surface area (Å²) in [6.45, 7) is 4.42. The quantitative estimate of drug-likeness (QED) is 0.512. The predicted octanol–water partition coefficient (Wildman–Crippen LogP) is 2.56. The van der Waals surface area contributed by atoms with Gasteiger partial charge in [0.15, 0.2) is 0 Å². The molecule has 0 amide bonds. The van der Waals surface area contributed by atoms with Crippen LogP contribution < -0.4 is 0 Å². The van der Waals surface area contributed by atoms with Crippen molar-refractivity contribution in [3.05, 3.63) is 0 Å². The van der Waals surface area contributed by atoms with Crippen molar-refractivity contribution in [2.24, 2.45) is 21.9 Å². The maximum absolute atomic E-state index is 8.99. The molecule has 0 aromatic heterocycles. The zero-order valence-corrected chi connectivity index (χ0v) is 8.75. The van der Waals surface area contributed by atoms with Gasteiger partial charge in [0.25, 0.3) is 0 Å². The van der Waals surface area contributed by atoms with E-state index in [1.54, 1.807) is 0 Å². The Bertz CT molecular complexity index is 327. The van der Waals surface area contributed by atoms with Gasteiger partial charge in [0, 0.05) is 11.8 Å². The fourth-order valence-corrected chi connectivity index (χ4v) is 3.49. The van der Waals surface area contributed by atoms with E-state index in [2.05, 4.69) is 25.1 Å². The van der Waals surface area contributed by atoms with Crippen LogP contribution in [0.1, 0.15) is 39.5 Å². The van der Waals surface area contributed by atoms with E-state index in [1.165, 1.54) is 6.42 Å². The van der Waals surface area contributed by atoms with Crippen LogP contribution in [0, 0.1) is 28.1 Å². The first-order valence-electron chi connectivity index (χ1n) is 5.17. The highest BCUT2D eigenvalue weighted by Crippen LogP contribution is 2.65. The molecule has 2 bridgehead atoms. The Kier molecular flexibility index (Phi) is 1.85. The minimum Gasteiger partial charge on any atom is -0.411 e. The van der Waals surface area contributed by atoms with E-state index in [-0.39, 0.29) is 10.8 Å². The minimum absolute atomic E-state index is 0.129. The molecule has 3 heteroatoms. The Hall–Kier alpha value is -1.04. The van der Waals surface area contributed by atoms with Crippen molar-refractivity contribution in [3.8, 4) is 6.07 Å². The lowest BCUT2D eigenvalue weighted by Crippen LogP contribution is -2.35. The first-order chi connectivity index (χ1) is 6.58. The summed E-state index contributed by atoms with van der Waals surface area (Å²) in [5.74, 6) is 0.599. The van der Waals surface area contributed by atoms with Crippen LogP contribution in [0.15, 0.2) is 5.16 Å². The van der Waals surface area contributed by atoms with E-state index in [0.717, 1.165) is 18.6 Å². The second kappa shape index (κ2) is 2.73. The van der Waals surface area contributed by atoms with Crippen LogP contribution in [-0.4, -0.2) is 10.9 Å². The van der Waals surface area contributed by atoms with Crippen LogP contribution in [0.5, 0.6) is 0 Å². The highest BCUT2D eigenvalue weighted by molar-refractivity contribution is 5.94.